The molecular weight excluding hydrogens is 472 g/mol. The number of carboxylic acid groups (broad SMARTS) is 1. The molecule has 2 aliphatic rings. The van der Waals surface area contributed by atoms with Crippen LogP contribution in [0.5, 0.6) is 0 Å². The molecule has 0 spiro atoms. The lowest BCUT2D eigenvalue weighted by Gasteiger charge is -2.47. The number of carbonyl (C=O) groups excluding carboxylic acids is 1. The zero-order chi connectivity index (χ0) is 24.2. The second-order valence-corrected chi connectivity index (χ2v) is 9.84. The topological polar surface area (TPSA) is 114 Å². The Morgan fingerprint density at radius 2 is 1.65 bits per heavy atom. The van der Waals surface area contributed by atoms with Gasteiger partial charge in [0, 0.05) is 21.6 Å². The number of aliphatic carboxylic acids is 1. The van der Waals surface area contributed by atoms with Crippen LogP contribution in [-0.4, -0.2) is 39.1 Å². The molecule has 2 atom stereocenters. The lowest BCUT2D eigenvalue weighted by molar-refractivity contribution is -0.147. The van der Waals surface area contributed by atoms with Crippen LogP contribution >= 0.6 is 23.5 Å². The summed E-state index contributed by atoms with van der Waals surface area (Å²) in [7, 11) is 0. The number of nitrogens with two attached hydrogens (primary N) is 1. The highest BCUT2D eigenvalue weighted by atomic mass is 32.2. The Kier molecular flexibility index (Phi) is 7.26. The number of carboxylic acids is 1. The minimum Gasteiger partial charge on any atom is -0.477 e. The average Bonchev–Trinajstić information content (AvgIpc) is 2.84. The summed E-state index contributed by atoms with van der Waals surface area (Å²) in [4.78, 5) is 37.1. The molecule has 1 aromatic heterocycles. The van der Waals surface area contributed by atoms with E-state index >= 15 is 0 Å². The summed E-state index contributed by atoms with van der Waals surface area (Å²) < 4.78 is 4.87. The zero-order valence-corrected chi connectivity index (χ0v) is 19.8. The number of carbonyl (C=O) groups is 2. The minimum absolute atomic E-state index is 0.0497. The molecule has 34 heavy (non-hydrogen) atoms. The maximum atomic E-state index is 11.8. The first-order valence-corrected chi connectivity index (χ1v) is 12.3. The van der Waals surface area contributed by atoms with Gasteiger partial charge < -0.3 is 15.3 Å². The lowest BCUT2D eigenvalue weighted by atomic mass is 10.1. The van der Waals surface area contributed by atoms with Crippen molar-refractivity contribution in [2.75, 3.05) is 5.75 Å². The molecule has 0 bridgehead atoms. The molecule has 7 nitrogen and oxygen atoms in total. The molecule has 0 saturated carbocycles. The van der Waals surface area contributed by atoms with Crippen molar-refractivity contribution in [3.8, 4) is 11.1 Å². The molecular formula is C25H22N2O5S2. The lowest BCUT2D eigenvalue weighted by Crippen LogP contribution is -2.68. The Bertz CT molecular complexity index is 1250. The van der Waals surface area contributed by atoms with Crippen LogP contribution in [0.4, 0.5) is 0 Å². The molecule has 9 heteroatoms. The van der Waals surface area contributed by atoms with Gasteiger partial charge in [0.05, 0.1) is 0 Å². The largest absolute Gasteiger partial charge is 0.477 e. The Hall–Kier alpha value is -3.27. The standard InChI is InChI=1S/C13H12N2O5S2.C12H10/c1-5-2-6(3-8(16)20-5)22-7-4-21-12-9(14)11(17)15(12)10(7)13(18)19;1-3-7-11(8-4-1)12-9-5-2-6-10-12/h2-3,9,12H,4,14H2,1H3,(H,18,19);1-10H/t9-,12-;/m1./s1. The van der Waals surface area contributed by atoms with Gasteiger partial charge in [0.1, 0.15) is 22.9 Å². The maximum absolute atomic E-state index is 11.8. The summed E-state index contributed by atoms with van der Waals surface area (Å²) in [6.45, 7) is 1.64. The number of hydrogen-bond acceptors (Lipinski definition) is 7. The Balaban J connectivity index is 0.000000192. The van der Waals surface area contributed by atoms with Gasteiger partial charge in [0.2, 0.25) is 5.91 Å². The molecule has 0 radical (unpaired) electrons. The van der Waals surface area contributed by atoms with E-state index in [0.717, 1.165) is 11.8 Å². The highest BCUT2D eigenvalue weighted by Crippen LogP contribution is 2.44. The van der Waals surface area contributed by atoms with Crippen LogP contribution in [-0.2, 0) is 9.59 Å². The highest BCUT2D eigenvalue weighted by molar-refractivity contribution is 8.06. The summed E-state index contributed by atoms with van der Waals surface area (Å²) in [5, 5.41) is 9.10. The summed E-state index contributed by atoms with van der Waals surface area (Å²) >= 11 is 2.57. The third-order valence-electron chi connectivity index (χ3n) is 5.17. The van der Waals surface area contributed by atoms with Crippen LogP contribution in [0.2, 0.25) is 0 Å². The number of nitrogens with zero attached hydrogens (tertiary/aromatic N) is 1. The normalized spacial score (nSPS) is 19.0. The third kappa shape index (κ3) is 5.11. The van der Waals surface area contributed by atoms with Crippen molar-refractivity contribution in [1.82, 2.24) is 4.90 Å². The van der Waals surface area contributed by atoms with Crippen molar-refractivity contribution in [3.05, 3.63) is 99.6 Å². The van der Waals surface area contributed by atoms with Gasteiger partial charge in [-0.05, 0) is 24.1 Å². The van der Waals surface area contributed by atoms with Gasteiger partial charge in [-0.3, -0.25) is 9.69 Å². The van der Waals surface area contributed by atoms with Crippen molar-refractivity contribution in [2.45, 2.75) is 23.2 Å². The maximum Gasteiger partial charge on any atom is 0.353 e. The van der Waals surface area contributed by atoms with E-state index in [1.165, 1.54) is 33.9 Å². The van der Waals surface area contributed by atoms with Gasteiger partial charge >= 0.3 is 11.6 Å². The van der Waals surface area contributed by atoms with Crippen molar-refractivity contribution >= 4 is 35.4 Å². The van der Waals surface area contributed by atoms with Crippen LogP contribution < -0.4 is 11.4 Å². The summed E-state index contributed by atoms with van der Waals surface area (Å²) in [6.07, 6.45) is 0. The minimum atomic E-state index is -1.17. The SMILES string of the molecule is Cc1cc(SC2=C(C(=O)O)N3C(=O)[C@@H](N)[C@H]3SC2)cc(=O)o1.c1ccc(-c2ccccc2)cc1. The molecule has 1 amide bonds. The van der Waals surface area contributed by atoms with Crippen molar-refractivity contribution < 1.29 is 19.1 Å². The molecule has 5 rings (SSSR count). The van der Waals surface area contributed by atoms with Crippen LogP contribution in [0, 0.1) is 6.92 Å². The quantitative estimate of drug-likeness (QED) is 0.525. The van der Waals surface area contributed by atoms with E-state index in [-0.39, 0.29) is 11.1 Å². The fourth-order valence-electron chi connectivity index (χ4n) is 3.60. The highest BCUT2D eigenvalue weighted by Gasteiger charge is 2.51. The number of fused-ring (bicyclic) bond motifs is 1. The van der Waals surface area contributed by atoms with Crippen molar-refractivity contribution in [2.24, 2.45) is 5.73 Å². The molecule has 3 heterocycles. The summed E-state index contributed by atoms with van der Waals surface area (Å²) in [6, 6.07) is 23.1. The Morgan fingerprint density at radius 1 is 1.06 bits per heavy atom. The molecule has 1 saturated heterocycles. The van der Waals surface area contributed by atoms with E-state index in [1.807, 2.05) is 12.1 Å². The molecule has 2 aromatic carbocycles. The summed E-state index contributed by atoms with van der Waals surface area (Å²) in [5.41, 5.74) is 7.69. The second kappa shape index (κ2) is 10.3. The van der Waals surface area contributed by atoms with Crippen LogP contribution in [0.1, 0.15) is 5.76 Å². The van der Waals surface area contributed by atoms with Gasteiger partial charge in [-0.1, -0.05) is 72.4 Å². The fraction of sp³-hybridized carbons (Fsp3) is 0.160. The number of aryl methyl sites for hydroxylation is 1. The third-order valence-corrected chi connectivity index (χ3v) is 7.71. The van der Waals surface area contributed by atoms with Gasteiger partial charge in [0.15, 0.2) is 0 Å². The number of β-lactam (4-membered cyclic amide) rings is 1. The first kappa shape index (κ1) is 23.9. The van der Waals surface area contributed by atoms with Gasteiger partial charge in [-0.2, -0.15) is 0 Å². The summed E-state index contributed by atoms with van der Waals surface area (Å²) in [5.74, 6) is -0.701. The number of thioether (sulfide) groups is 2. The predicted molar refractivity (Wildman–Crippen MR) is 133 cm³/mol. The Labute approximate surface area is 204 Å². The van der Waals surface area contributed by atoms with Crippen LogP contribution in [0.15, 0.2) is 97.5 Å². The fourth-order valence-corrected chi connectivity index (χ4v) is 6.13. The molecule has 3 aromatic rings. The van der Waals surface area contributed by atoms with Crippen LogP contribution in [0.25, 0.3) is 11.1 Å². The van der Waals surface area contributed by atoms with Crippen LogP contribution in [0.3, 0.4) is 0 Å². The molecule has 3 N–H and O–H groups in total. The second-order valence-electron chi connectivity index (χ2n) is 7.57. The van der Waals surface area contributed by atoms with Crippen molar-refractivity contribution in [1.29, 1.82) is 0 Å². The first-order chi connectivity index (χ1) is 16.3. The number of rotatable bonds is 4. The zero-order valence-electron chi connectivity index (χ0n) is 18.2. The monoisotopic (exact) mass is 494 g/mol. The predicted octanol–water partition coefficient (Wildman–Crippen LogP) is 3.93. The molecule has 1 fully saturated rings. The molecule has 2 aliphatic heterocycles. The number of benzene rings is 2. The van der Waals surface area contributed by atoms with Gasteiger partial charge in [0.25, 0.3) is 0 Å². The average molecular weight is 495 g/mol. The van der Waals surface area contributed by atoms with Gasteiger partial charge in [-0.25, -0.2) is 9.59 Å². The van der Waals surface area contributed by atoms with E-state index in [1.54, 1.807) is 13.0 Å². The molecule has 0 unspecified atom stereocenters. The molecule has 0 aliphatic carbocycles. The molecule has 174 valence electrons. The smallest absolute Gasteiger partial charge is 0.353 e. The van der Waals surface area contributed by atoms with E-state index < -0.39 is 23.5 Å². The van der Waals surface area contributed by atoms with E-state index in [9.17, 15) is 19.5 Å². The Morgan fingerprint density at radius 3 is 2.18 bits per heavy atom. The van der Waals surface area contributed by atoms with E-state index in [0.29, 0.717) is 21.3 Å². The first-order valence-electron chi connectivity index (χ1n) is 10.4. The van der Waals surface area contributed by atoms with Crippen molar-refractivity contribution in [3.63, 3.8) is 0 Å². The number of amides is 1. The van der Waals surface area contributed by atoms with Gasteiger partial charge in [-0.15, -0.1) is 11.8 Å². The number of hydrogen-bond donors (Lipinski definition) is 2. The van der Waals surface area contributed by atoms with E-state index in [4.69, 9.17) is 10.2 Å². The van der Waals surface area contributed by atoms with E-state index in [2.05, 4.69) is 48.5 Å².